The SMILES string of the molecule is CCc1ccccc1CC(=O)N1CCOC(CC(=O)O)C1. The fourth-order valence-electron chi connectivity index (χ4n) is 2.61. The van der Waals surface area contributed by atoms with E-state index in [1.807, 2.05) is 24.3 Å². The zero-order valence-corrected chi connectivity index (χ0v) is 12.2. The number of hydrogen-bond donors (Lipinski definition) is 1. The summed E-state index contributed by atoms with van der Waals surface area (Å²) in [5.41, 5.74) is 2.23. The van der Waals surface area contributed by atoms with Crippen LogP contribution < -0.4 is 0 Å². The zero-order chi connectivity index (χ0) is 15.2. The Morgan fingerprint density at radius 2 is 2.05 bits per heavy atom. The molecule has 1 unspecified atom stereocenters. The van der Waals surface area contributed by atoms with Crippen molar-refractivity contribution in [3.63, 3.8) is 0 Å². The molecule has 0 saturated carbocycles. The average molecular weight is 291 g/mol. The average Bonchev–Trinajstić information content (AvgIpc) is 2.47. The molecule has 1 heterocycles. The van der Waals surface area contributed by atoms with Gasteiger partial charge in [0.25, 0.3) is 0 Å². The molecule has 1 amide bonds. The van der Waals surface area contributed by atoms with Crippen LogP contribution in [-0.2, 0) is 27.2 Å². The minimum atomic E-state index is -0.898. The van der Waals surface area contributed by atoms with E-state index in [-0.39, 0.29) is 12.3 Å². The Labute approximate surface area is 124 Å². The Kier molecular flexibility index (Phi) is 5.33. The van der Waals surface area contributed by atoms with Crippen LogP contribution in [0.3, 0.4) is 0 Å². The van der Waals surface area contributed by atoms with E-state index in [1.54, 1.807) is 4.90 Å². The van der Waals surface area contributed by atoms with Crippen molar-refractivity contribution in [1.29, 1.82) is 0 Å². The molecule has 1 aromatic rings. The van der Waals surface area contributed by atoms with Crippen molar-refractivity contribution in [2.24, 2.45) is 0 Å². The highest BCUT2D eigenvalue weighted by Crippen LogP contribution is 2.14. The monoisotopic (exact) mass is 291 g/mol. The second-order valence-corrected chi connectivity index (χ2v) is 5.23. The molecule has 1 N–H and O–H groups in total. The van der Waals surface area contributed by atoms with E-state index in [9.17, 15) is 9.59 Å². The highest BCUT2D eigenvalue weighted by molar-refractivity contribution is 5.79. The maximum absolute atomic E-state index is 12.4. The second kappa shape index (κ2) is 7.22. The van der Waals surface area contributed by atoms with Crippen LogP contribution in [0.25, 0.3) is 0 Å². The number of ether oxygens (including phenoxy) is 1. The summed E-state index contributed by atoms with van der Waals surface area (Å²) in [7, 11) is 0. The molecule has 1 aliphatic rings. The third-order valence-electron chi connectivity index (χ3n) is 3.73. The third kappa shape index (κ3) is 4.29. The largest absolute Gasteiger partial charge is 0.481 e. The molecule has 1 saturated heterocycles. The van der Waals surface area contributed by atoms with Crippen molar-refractivity contribution in [3.8, 4) is 0 Å². The van der Waals surface area contributed by atoms with E-state index in [0.29, 0.717) is 26.1 Å². The lowest BCUT2D eigenvalue weighted by atomic mass is 10.0. The number of aryl methyl sites for hydroxylation is 1. The first kappa shape index (κ1) is 15.5. The van der Waals surface area contributed by atoms with E-state index in [4.69, 9.17) is 9.84 Å². The molecule has 0 radical (unpaired) electrons. The number of carboxylic acids is 1. The molecule has 114 valence electrons. The summed E-state index contributed by atoms with van der Waals surface area (Å²) in [6.45, 7) is 3.36. The molecule has 21 heavy (non-hydrogen) atoms. The van der Waals surface area contributed by atoms with Crippen molar-refractivity contribution in [1.82, 2.24) is 4.90 Å². The standard InChI is InChI=1S/C16H21NO4/c1-2-12-5-3-4-6-13(12)9-15(18)17-7-8-21-14(11-17)10-16(19)20/h3-6,14H,2,7-11H2,1H3,(H,19,20). The second-order valence-electron chi connectivity index (χ2n) is 5.23. The van der Waals surface area contributed by atoms with Gasteiger partial charge in [-0.15, -0.1) is 0 Å². The highest BCUT2D eigenvalue weighted by Gasteiger charge is 2.26. The van der Waals surface area contributed by atoms with Crippen molar-refractivity contribution >= 4 is 11.9 Å². The Morgan fingerprint density at radius 1 is 1.33 bits per heavy atom. The number of nitrogens with zero attached hydrogens (tertiary/aromatic N) is 1. The lowest BCUT2D eigenvalue weighted by Gasteiger charge is -2.32. The molecule has 0 bridgehead atoms. The molecule has 1 aliphatic heterocycles. The first-order valence-electron chi connectivity index (χ1n) is 7.28. The zero-order valence-electron chi connectivity index (χ0n) is 12.2. The maximum Gasteiger partial charge on any atom is 0.306 e. The predicted molar refractivity (Wildman–Crippen MR) is 78.1 cm³/mol. The van der Waals surface area contributed by atoms with E-state index < -0.39 is 12.1 Å². The molecular formula is C16H21NO4. The summed E-state index contributed by atoms with van der Waals surface area (Å²) < 4.78 is 5.39. The van der Waals surface area contributed by atoms with Crippen LogP contribution in [0.4, 0.5) is 0 Å². The van der Waals surface area contributed by atoms with Gasteiger partial charge in [0.05, 0.1) is 25.6 Å². The number of hydrogen-bond acceptors (Lipinski definition) is 3. The van der Waals surface area contributed by atoms with Crippen LogP contribution in [-0.4, -0.2) is 47.7 Å². The van der Waals surface area contributed by atoms with Crippen molar-refractivity contribution in [3.05, 3.63) is 35.4 Å². The van der Waals surface area contributed by atoms with Crippen LogP contribution in [0.15, 0.2) is 24.3 Å². The summed E-state index contributed by atoms with van der Waals surface area (Å²) in [5.74, 6) is -0.861. The van der Waals surface area contributed by atoms with Crippen LogP contribution in [0, 0.1) is 0 Å². The molecule has 0 aromatic heterocycles. The van der Waals surface area contributed by atoms with Gasteiger partial charge in [0.15, 0.2) is 0 Å². The Hall–Kier alpha value is -1.88. The molecular weight excluding hydrogens is 270 g/mol. The number of rotatable bonds is 5. The Morgan fingerprint density at radius 3 is 2.71 bits per heavy atom. The van der Waals surface area contributed by atoms with Gasteiger partial charge in [0.1, 0.15) is 0 Å². The number of benzene rings is 1. The van der Waals surface area contributed by atoms with Gasteiger partial charge in [0.2, 0.25) is 5.91 Å². The van der Waals surface area contributed by atoms with Gasteiger partial charge in [-0.3, -0.25) is 9.59 Å². The van der Waals surface area contributed by atoms with Gasteiger partial charge < -0.3 is 14.7 Å². The van der Waals surface area contributed by atoms with E-state index in [0.717, 1.165) is 12.0 Å². The molecule has 5 nitrogen and oxygen atoms in total. The molecule has 0 aliphatic carbocycles. The summed E-state index contributed by atoms with van der Waals surface area (Å²) in [6.07, 6.45) is 0.800. The minimum absolute atomic E-state index is 0.0367. The number of amides is 1. The smallest absolute Gasteiger partial charge is 0.306 e. The molecule has 2 rings (SSSR count). The van der Waals surface area contributed by atoms with Gasteiger partial charge in [-0.25, -0.2) is 0 Å². The van der Waals surface area contributed by atoms with Crippen LogP contribution in [0.1, 0.15) is 24.5 Å². The summed E-state index contributed by atoms with van der Waals surface area (Å²) >= 11 is 0. The quantitative estimate of drug-likeness (QED) is 0.892. The minimum Gasteiger partial charge on any atom is -0.481 e. The lowest BCUT2D eigenvalue weighted by molar-refractivity contribution is -0.147. The first-order chi connectivity index (χ1) is 10.1. The number of carbonyl (C=O) groups excluding carboxylic acids is 1. The van der Waals surface area contributed by atoms with Crippen LogP contribution in [0.2, 0.25) is 0 Å². The van der Waals surface area contributed by atoms with E-state index in [2.05, 4.69) is 6.92 Å². The van der Waals surface area contributed by atoms with Gasteiger partial charge in [-0.1, -0.05) is 31.2 Å². The first-order valence-corrected chi connectivity index (χ1v) is 7.28. The lowest BCUT2D eigenvalue weighted by Crippen LogP contribution is -2.46. The summed E-state index contributed by atoms with van der Waals surface area (Å²) in [5, 5.41) is 8.81. The fourth-order valence-corrected chi connectivity index (χ4v) is 2.61. The molecule has 0 spiro atoms. The Bertz CT molecular complexity index is 515. The van der Waals surface area contributed by atoms with Gasteiger partial charge in [-0.2, -0.15) is 0 Å². The number of carboxylic acid groups (broad SMARTS) is 1. The fraction of sp³-hybridized carbons (Fsp3) is 0.500. The number of aliphatic carboxylic acids is 1. The van der Waals surface area contributed by atoms with Crippen molar-refractivity contribution < 1.29 is 19.4 Å². The molecule has 1 aromatic carbocycles. The third-order valence-corrected chi connectivity index (χ3v) is 3.73. The van der Waals surface area contributed by atoms with Gasteiger partial charge >= 0.3 is 5.97 Å². The topological polar surface area (TPSA) is 66.8 Å². The van der Waals surface area contributed by atoms with Gasteiger partial charge in [-0.05, 0) is 17.5 Å². The van der Waals surface area contributed by atoms with Crippen LogP contribution in [0.5, 0.6) is 0 Å². The van der Waals surface area contributed by atoms with Crippen molar-refractivity contribution in [2.45, 2.75) is 32.3 Å². The number of morpholine rings is 1. The summed E-state index contributed by atoms with van der Waals surface area (Å²) in [6, 6.07) is 7.93. The molecule has 1 fully saturated rings. The van der Waals surface area contributed by atoms with Crippen molar-refractivity contribution in [2.75, 3.05) is 19.7 Å². The maximum atomic E-state index is 12.4. The van der Waals surface area contributed by atoms with Crippen LogP contribution >= 0.6 is 0 Å². The van der Waals surface area contributed by atoms with Gasteiger partial charge in [0, 0.05) is 13.1 Å². The van der Waals surface area contributed by atoms with E-state index in [1.165, 1.54) is 5.56 Å². The van der Waals surface area contributed by atoms with E-state index >= 15 is 0 Å². The molecule has 1 atom stereocenters. The molecule has 5 heteroatoms. The normalized spacial score (nSPS) is 18.5. The predicted octanol–water partition coefficient (Wildman–Crippen LogP) is 1.49. The summed E-state index contributed by atoms with van der Waals surface area (Å²) in [4.78, 5) is 24.8. The Balaban J connectivity index is 1.98. The number of carbonyl (C=O) groups is 2. The highest BCUT2D eigenvalue weighted by atomic mass is 16.5.